The van der Waals surface area contributed by atoms with E-state index in [9.17, 15) is 4.79 Å². The molecule has 2 aromatic heterocycles. The molecule has 0 bridgehead atoms. The van der Waals surface area contributed by atoms with Crippen LogP contribution in [0.15, 0.2) is 30.6 Å². The second-order valence-electron chi connectivity index (χ2n) is 7.06. The quantitative estimate of drug-likeness (QED) is 0.844. The van der Waals surface area contributed by atoms with E-state index in [1.165, 1.54) is 0 Å². The fourth-order valence-electron chi connectivity index (χ4n) is 4.12. The van der Waals surface area contributed by atoms with Crippen molar-refractivity contribution < 1.29 is 9.53 Å². The van der Waals surface area contributed by atoms with E-state index in [1.54, 1.807) is 0 Å². The molecule has 2 fully saturated rings. The lowest BCUT2D eigenvalue weighted by Crippen LogP contribution is -2.47. The number of hydrogen-bond donors (Lipinski definition) is 0. The Morgan fingerprint density at radius 3 is 2.88 bits per heavy atom. The van der Waals surface area contributed by atoms with Crippen molar-refractivity contribution in [1.82, 2.24) is 19.2 Å². The number of pyridine rings is 1. The summed E-state index contributed by atoms with van der Waals surface area (Å²) in [6, 6.07) is 6.37. The van der Waals surface area contributed by atoms with Crippen molar-refractivity contribution in [3.63, 3.8) is 0 Å². The summed E-state index contributed by atoms with van der Waals surface area (Å²) in [5, 5.41) is 0. The first-order valence-electron chi connectivity index (χ1n) is 9.27. The van der Waals surface area contributed by atoms with E-state index in [-0.39, 0.29) is 5.91 Å². The van der Waals surface area contributed by atoms with Gasteiger partial charge < -0.3 is 14.0 Å². The van der Waals surface area contributed by atoms with Crippen molar-refractivity contribution in [2.24, 2.45) is 5.92 Å². The highest BCUT2D eigenvalue weighted by atomic mass is 16.5. The zero-order valence-electron chi connectivity index (χ0n) is 14.8. The van der Waals surface area contributed by atoms with Crippen LogP contribution >= 0.6 is 0 Å². The molecule has 4 rings (SSSR count). The van der Waals surface area contributed by atoms with Gasteiger partial charge in [-0.3, -0.25) is 9.69 Å². The Morgan fingerprint density at radius 2 is 2.12 bits per heavy atom. The summed E-state index contributed by atoms with van der Waals surface area (Å²) in [6.45, 7) is 7.51. The zero-order valence-corrected chi connectivity index (χ0v) is 14.8. The molecule has 2 saturated heterocycles. The minimum Gasteiger partial charge on any atom is -0.379 e. The van der Waals surface area contributed by atoms with Crippen LogP contribution in [-0.4, -0.2) is 70.5 Å². The van der Waals surface area contributed by atoms with Crippen LogP contribution in [0.4, 0.5) is 0 Å². The highest BCUT2D eigenvalue weighted by Gasteiger charge is 2.38. The number of carbonyl (C=O) groups is 1. The average molecular weight is 342 g/mol. The molecule has 0 aromatic carbocycles. The summed E-state index contributed by atoms with van der Waals surface area (Å²) < 4.78 is 7.45. The largest absolute Gasteiger partial charge is 0.379 e. The van der Waals surface area contributed by atoms with Gasteiger partial charge in [-0.2, -0.15) is 0 Å². The van der Waals surface area contributed by atoms with Crippen molar-refractivity contribution in [2.45, 2.75) is 25.8 Å². The molecular weight excluding hydrogens is 316 g/mol. The molecule has 2 aliphatic rings. The van der Waals surface area contributed by atoms with E-state index in [0.29, 0.717) is 18.4 Å². The predicted octanol–water partition coefficient (Wildman–Crippen LogP) is 1.45. The van der Waals surface area contributed by atoms with Crippen LogP contribution in [0.5, 0.6) is 0 Å². The molecule has 1 amide bonds. The molecule has 0 aliphatic carbocycles. The lowest BCUT2D eigenvalue weighted by atomic mass is 9.99. The van der Waals surface area contributed by atoms with Crippen molar-refractivity contribution in [2.75, 3.05) is 39.4 Å². The van der Waals surface area contributed by atoms with Crippen LogP contribution in [0.2, 0.25) is 0 Å². The summed E-state index contributed by atoms with van der Waals surface area (Å²) in [5.41, 5.74) is 1.74. The van der Waals surface area contributed by atoms with E-state index in [2.05, 4.69) is 16.8 Å². The lowest BCUT2D eigenvalue weighted by Gasteiger charge is -2.34. The normalized spacial score (nSPS) is 24.9. The Balaban J connectivity index is 1.43. The number of morpholine rings is 1. The SMILES string of the molecule is CC[C@@H]1CN(C(=O)Cc2cn3ccccc3n2)C[C@H]1N1CCOCC1. The Labute approximate surface area is 148 Å². The average Bonchev–Trinajstić information content (AvgIpc) is 3.25. The summed E-state index contributed by atoms with van der Waals surface area (Å²) >= 11 is 0. The predicted molar refractivity (Wildman–Crippen MR) is 95.4 cm³/mol. The van der Waals surface area contributed by atoms with Crippen LogP contribution < -0.4 is 0 Å². The number of amides is 1. The molecule has 0 spiro atoms. The first-order chi connectivity index (χ1) is 12.2. The van der Waals surface area contributed by atoms with Crippen LogP contribution in [-0.2, 0) is 16.0 Å². The number of rotatable bonds is 4. The van der Waals surface area contributed by atoms with E-state index < -0.39 is 0 Å². The molecule has 6 nitrogen and oxygen atoms in total. The van der Waals surface area contributed by atoms with Gasteiger partial charge in [-0.15, -0.1) is 0 Å². The number of fused-ring (bicyclic) bond motifs is 1. The van der Waals surface area contributed by atoms with Crippen molar-refractivity contribution >= 4 is 11.6 Å². The highest BCUT2D eigenvalue weighted by Crippen LogP contribution is 2.26. The number of nitrogens with zero attached hydrogens (tertiary/aromatic N) is 4. The van der Waals surface area contributed by atoms with Gasteiger partial charge in [-0.25, -0.2) is 4.98 Å². The lowest BCUT2D eigenvalue weighted by molar-refractivity contribution is -0.129. The topological polar surface area (TPSA) is 50.1 Å². The van der Waals surface area contributed by atoms with Crippen LogP contribution in [0, 0.1) is 5.92 Å². The van der Waals surface area contributed by atoms with E-state index >= 15 is 0 Å². The van der Waals surface area contributed by atoms with Gasteiger partial charge in [0.05, 0.1) is 25.3 Å². The van der Waals surface area contributed by atoms with Crippen LogP contribution in [0.3, 0.4) is 0 Å². The Bertz CT molecular complexity index is 705. The molecule has 6 heteroatoms. The third-order valence-corrected chi connectivity index (χ3v) is 5.54. The van der Waals surface area contributed by atoms with Crippen LogP contribution in [0.1, 0.15) is 19.0 Å². The zero-order chi connectivity index (χ0) is 17.2. The van der Waals surface area contributed by atoms with Gasteiger partial charge in [0.2, 0.25) is 5.91 Å². The van der Waals surface area contributed by atoms with Crippen LogP contribution in [0.25, 0.3) is 5.65 Å². The molecule has 0 unspecified atom stereocenters. The molecule has 25 heavy (non-hydrogen) atoms. The maximum atomic E-state index is 12.8. The third kappa shape index (κ3) is 3.41. The van der Waals surface area contributed by atoms with Crippen molar-refractivity contribution in [3.05, 3.63) is 36.3 Å². The first kappa shape index (κ1) is 16.5. The van der Waals surface area contributed by atoms with E-state index in [1.807, 2.05) is 39.9 Å². The Hall–Kier alpha value is -1.92. The van der Waals surface area contributed by atoms with Gasteiger partial charge in [0.15, 0.2) is 0 Å². The monoisotopic (exact) mass is 342 g/mol. The van der Waals surface area contributed by atoms with E-state index in [4.69, 9.17) is 4.74 Å². The molecule has 0 saturated carbocycles. The maximum Gasteiger partial charge on any atom is 0.228 e. The maximum absolute atomic E-state index is 12.8. The number of aromatic nitrogens is 2. The van der Waals surface area contributed by atoms with E-state index in [0.717, 1.165) is 57.2 Å². The van der Waals surface area contributed by atoms with Gasteiger partial charge in [0.25, 0.3) is 0 Å². The molecule has 0 N–H and O–H groups in total. The fraction of sp³-hybridized carbons (Fsp3) is 0.579. The Kier molecular flexibility index (Phi) is 4.72. The molecule has 2 aliphatic heterocycles. The minimum absolute atomic E-state index is 0.192. The Morgan fingerprint density at radius 1 is 1.28 bits per heavy atom. The minimum atomic E-state index is 0.192. The summed E-state index contributed by atoms with van der Waals surface area (Å²) in [6.07, 6.45) is 5.42. The molecule has 0 radical (unpaired) electrons. The molecule has 134 valence electrons. The van der Waals surface area contributed by atoms with Gasteiger partial charge >= 0.3 is 0 Å². The van der Waals surface area contributed by atoms with Crippen molar-refractivity contribution in [1.29, 1.82) is 0 Å². The van der Waals surface area contributed by atoms with Gasteiger partial charge in [0, 0.05) is 44.6 Å². The molecular formula is C19H26N4O2. The number of imidazole rings is 1. The second kappa shape index (κ2) is 7.14. The van der Waals surface area contributed by atoms with Gasteiger partial charge in [0.1, 0.15) is 5.65 Å². The third-order valence-electron chi connectivity index (χ3n) is 5.54. The number of carbonyl (C=O) groups excluding carboxylic acids is 1. The van der Waals surface area contributed by atoms with Gasteiger partial charge in [-0.05, 0) is 18.1 Å². The van der Waals surface area contributed by atoms with Gasteiger partial charge in [-0.1, -0.05) is 19.4 Å². The number of likely N-dealkylation sites (tertiary alicyclic amines) is 1. The first-order valence-corrected chi connectivity index (χ1v) is 9.27. The molecule has 4 heterocycles. The fourth-order valence-corrected chi connectivity index (χ4v) is 4.12. The number of hydrogen-bond acceptors (Lipinski definition) is 4. The highest BCUT2D eigenvalue weighted by molar-refractivity contribution is 5.79. The second-order valence-corrected chi connectivity index (χ2v) is 7.06. The molecule has 2 atom stereocenters. The van der Waals surface area contributed by atoms with Crippen molar-refractivity contribution in [3.8, 4) is 0 Å². The number of ether oxygens (including phenoxy) is 1. The molecule has 2 aromatic rings. The standard InChI is InChI=1S/C19H26N4O2/c1-2-15-12-23(14-17(15)21-7-9-25-10-8-21)19(24)11-16-13-22-6-4-3-5-18(22)20-16/h3-6,13,15,17H,2,7-12,14H2,1H3/t15-,17-/m1/s1. The summed E-state index contributed by atoms with van der Waals surface area (Å²) in [4.78, 5) is 21.9. The summed E-state index contributed by atoms with van der Waals surface area (Å²) in [5.74, 6) is 0.751. The summed E-state index contributed by atoms with van der Waals surface area (Å²) in [7, 11) is 0. The smallest absolute Gasteiger partial charge is 0.228 e.